The van der Waals surface area contributed by atoms with Gasteiger partial charge in [0.2, 0.25) is 0 Å². The lowest BCUT2D eigenvalue weighted by molar-refractivity contribution is 0.196. The Hall–Kier alpha value is -1.04. The molecule has 0 aliphatic heterocycles. The minimum absolute atomic E-state index is 0.523. The summed E-state index contributed by atoms with van der Waals surface area (Å²) in [5, 5.41) is 0. The molecule has 0 saturated heterocycles. The molecule has 0 amide bonds. The zero-order valence-electron chi connectivity index (χ0n) is 9.54. The van der Waals surface area contributed by atoms with Gasteiger partial charge in [-0.15, -0.1) is 0 Å². The highest BCUT2D eigenvalue weighted by Crippen LogP contribution is 2.17. The maximum absolute atomic E-state index is 10.5. The first-order valence-corrected chi connectivity index (χ1v) is 7.69. The van der Waals surface area contributed by atoms with Crippen molar-refractivity contribution in [2.45, 2.75) is 5.92 Å². The molecule has 0 aromatic heterocycles. The Morgan fingerprint density at radius 3 is 1.68 bits per heavy atom. The fraction of sp³-hybridized carbons (Fsp3) is 0.333. The van der Waals surface area contributed by atoms with Crippen LogP contribution in [0.25, 0.3) is 0 Å². The molecule has 8 nitrogen and oxygen atoms in total. The van der Waals surface area contributed by atoms with Gasteiger partial charge in [-0.1, -0.05) is 30.3 Å². The van der Waals surface area contributed by atoms with Crippen LogP contribution in [0.3, 0.4) is 0 Å². The normalized spacial score (nSPS) is 12.8. The Balaban J connectivity index is 2.79. The summed E-state index contributed by atoms with van der Waals surface area (Å²) in [6.45, 7) is -1.06. The Morgan fingerprint density at radius 2 is 1.32 bits per heavy atom. The topological polar surface area (TPSA) is 127 Å². The van der Waals surface area contributed by atoms with Gasteiger partial charge in [0.25, 0.3) is 0 Å². The average molecular weight is 312 g/mol. The van der Waals surface area contributed by atoms with Gasteiger partial charge in [-0.3, -0.25) is 9.11 Å². The Bertz CT molecular complexity index is 556. The number of benzene rings is 1. The first-order chi connectivity index (χ1) is 8.67. The summed E-state index contributed by atoms with van der Waals surface area (Å²) < 4.78 is 67.3. The maximum atomic E-state index is 10.5. The van der Waals surface area contributed by atoms with E-state index in [1.54, 1.807) is 30.3 Å². The van der Waals surface area contributed by atoms with Crippen LogP contribution < -0.4 is 0 Å². The first-order valence-electron chi connectivity index (χ1n) is 4.96. The second-order valence-electron chi connectivity index (χ2n) is 3.53. The van der Waals surface area contributed by atoms with Crippen molar-refractivity contribution >= 4 is 20.8 Å². The molecule has 0 atom stereocenters. The third-order valence-corrected chi connectivity index (χ3v) is 2.98. The summed E-state index contributed by atoms with van der Waals surface area (Å²) in [5.41, 5.74) is 0.523. The van der Waals surface area contributed by atoms with E-state index < -0.39 is 39.9 Å². The van der Waals surface area contributed by atoms with Crippen molar-refractivity contribution in [1.82, 2.24) is 0 Å². The molecule has 0 spiro atoms. The zero-order valence-corrected chi connectivity index (χ0v) is 11.2. The van der Waals surface area contributed by atoms with Gasteiger partial charge in [0.1, 0.15) is 0 Å². The molecule has 0 aliphatic carbocycles. The van der Waals surface area contributed by atoms with E-state index in [0.717, 1.165) is 0 Å². The van der Waals surface area contributed by atoms with Gasteiger partial charge < -0.3 is 0 Å². The van der Waals surface area contributed by atoms with E-state index in [-0.39, 0.29) is 0 Å². The predicted octanol–water partition coefficient (Wildman–Crippen LogP) is 0.409. The highest BCUT2D eigenvalue weighted by molar-refractivity contribution is 7.81. The fourth-order valence-corrected chi connectivity index (χ4v) is 1.97. The second-order valence-corrected chi connectivity index (χ2v) is 5.71. The van der Waals surface area contributed by atoms with Crippen LogP contribution in [-0.2, 0) is 29.2 Å². The molecule has 10 heteroatoms. The number of hydrogen-bond donors (Lipinski definition) is 2. The molecule has 2 N–H and O–H groups in total. The molecule has 0 unspecified atom stereocenters. The van der Waals surface area contributed by atoms with Crippen LogP contribution in [0.5, 0.6) is 0 Å². The highest BCUT2D eigenvalue weighted by Gasteiger charge is 2.19. The zero-order chi connectivity index (χ0) is 14.5. The monoisotopic (exact) mass is 312 g/mol. The van der Waals surface area contributed by atoms with E-state index in [4.69, 9.17) is 9.11 Å². The molecule has 0 saturated carbocycles. The van der Waals surface area contributed by atoms with Crippen LogP contribution in [0.1, 0.15) is 11.5 Å². The van der Waals surface area contributed by atoms with E-state index >= 15 is 0 Å². The van der Waals surface area contributed by atoms with Crippen molar-refractivity contribution in [1.29, 1.82) is 0 Å². The molecule has 19 heavy (non-hydrogen) atoms. The molecule has 0 radical (unpaired) electrons. The van der Waals surface area contributed by atoms with E-state index in [1.165, 1.54) is 0 Å². The van der Waals surface area contributed by atoms with Crippen molar-refractivity contribution in [2.75, 3.05) is 13.2 Å². The van der Waals surface area contributed by atoms with Gasteiger partial charge in [0, 0.05) is 5.92 Å². The molecule has 1 aromatic rings. The average Bonchev–Trinajstić information content (AvgIpc) is 2.27. The SMILES string of the molecule is O=S(=O)(O)OCC(COS(=O)(=O)O)c1ccccc1. The Labute approximate surface area is 110 Å². The van der Waals surface area contributed by atoms with E-state index in [9.17, 15) is 16.8 Å². The fourth-order valence-electron chi connectivity index (χ4n) is 1.30. The minimum atomic E-state index is -4.65. The van der Waals surface area contributed by atoms with Crippen LogP contribution in [0, 0.1) is 0 Å². The molecule has 0 aliphatic rings. The van der Waals surface area contributed by atoms with Crippen molar-refractivity contribution in [3.63, 3.8) is 0 Å². The summed E-state index contributed by atoms with van der Waals surface area (Å²) >= 11 is 0. The van der Waals surface area contributed by atoms with Crippen LogP contribution in [0.4, 0.5) is 0 Å². The summed E-state index contributed by atoms with van der Waals surface area (Å²) in [6, 6.07) is 8.16. The summed E-state index contributed by atoms with van der Waals surface area (Å²) in [5.74, 6) is -0.801. The highest BCUT2D eigenvalue weighted by atomic mass is 32.3. The largest absolute Gasteiger partial charge is 0.397 e. The molecule has 0 bridgehead atoms. The smallest absolute Gasteiger partial charge is 0.264 e. The molecule has 0 fully saturated rings. The van der Waals surface area contributed by atoms with E-state index in [0.29, 0.717) is 5.56 Å². The van der Waals surface area contributed by atoms with Crippen molar-refractivity contribution < 1.29 is 34.3 Å². The summed E-state index contributed by atoms with van der Waals surface area (Å²) in [4.78, 5) is 0. The number of hydrogen-bond acceptors (Lipinski definition) is 6. The standard InChI is InChI=1S/C9H12O8S2/c10-18(11,12)16-6-9(7-17-19(13,14)15)8-4-2-1-3-5-8/h1-5,9H,6-7H2,(H,10,11,12)(H,13,14,15). The third-order valence-electron chi connectivity index (χ3n) is 2.11. The van der Waals surface area contributed by atoms with Crippen LogP contribution in [0.2, 0.25) is 0 Å². The van der Waals surface area contributed by atoms with Gasteiger partial charge >= 0.3 is 20.8 Å². The lowest BCUT2D eigenvalue weighted by Crippen LogP contribution is -2.19. The van der Waals surface area contributed by atoms with Gasteiger partial charge in [-0.25, -0.2) is 8.37 Å². The maximum Gasteiger partial charge on any atom is 0.397 e. The molecule has 1 aromatic carbocycles. The van der Waals surface area contributed by atoms with Gasteiger partial charge in [-0.2, -0.15) is 16.8 Å². The van der Waals surface area contributed by atoms with Crippen LogP contribution >= 0.6 is 0 Å². The van der Waals surface area contributed by atoms with Gasteiger partial charge in [0.15, 0.2) is 0 Å². The van der Waals surface area contributed by atoms with Crippen molar-refractivity contribution in [2.24, 2.45) is 0 Å². The summed E-state index contributed by atoms with van der Waals surface area (Å²) in [7, 11) is -9.30. The molecule has 108 valence electrons. The molecular formula is C9H12O8S2. The van der Waals surface area contributed by atoms with E-state index in [2.05, 4.69) is 8.37 Å². The Morgan fingerprint density at radius 1 is 0.895 bits per heavy atom. The third kappa shape index (κ3) is 7.20. The lowest BCUT2D eigenvalue weighted by Gasteiger charge is -2.15. The van der Waals surface area contributed by atoms with Gasteiger partial charge in [0.05, 0.1) is 13.2 Å². The number of rotatable bonds is 7. The van der Waals surface area contributed by atoms with E-state index in [1.807, 2.05) is 0 Å². The second kappa shape index (κ2) is 6.41. The van der Waals surface area contributed by atoms with Crippen molar-refractivity contribution in [3.05, 3.63) is 35.9 Å². The quantitative estimate of drug-likeness (QED) is 0.693. The summed E-state index contributed by atoms with van der Waals surface area (Å²) in [6.07, 6.45) is 0. The van der Waals surface area contributed by atoms with Gasteiger partial charge in [-0.05, 0) is 5.56 Å². The minimum Gasteiger partial charge on any atom is -0.264 e. The Kier molecular flexibility index (Phi) is 5.40. The molecular weight excluding hydrogens is 300 g/mol. The van der Waals surface area contributed by atoms with Crippen LogP contribution in [0.15, 0.2) is 30.3 Å². The first kappa shape index (κ1) is 16.0. The lowest BCUT2D eigenvalue weighted by atomic mass is 10.0. The predicted molar refractivity (Wildman–Crippen MR) is 64.2 cm³/mol. The van der Waals surface area contributed by atoms with Crippen LogP contribution in [-0.4, -0.2) is 39.2 Å². The molecule has 1 rings (SSSR count). The van der Waals surface area contributed by atoms with Crippen molar-refractivity contribution in [3.8, 4) is 0 Å². The molecule has 0 heterocycles.